The number of carbonyl (C=O) groups is 1. The van der Waals surface area contributed by atoms with Gasteiger partial charge in [0.15, 0.2) is 0 Å². The van der Waals surface area contributed by atoms with Gasteiger partial charge in [-0.1, -0.05) is 17.3 Å². The van der Waals surface area contributed by atoms with E-state index < -0.39 is 0 Å². The Labute approximate surface area is 154 Å². The van der Waals surface area contributed by atoms with Crippen molar-refractivity contribution in [1.82, 2.24) is 24.9 Å². The molecule has 8 heteroatoms. The zero-order chi connectivity index (χ0) is 18.5. The summed E-state index contributed by atoms with van der Waals surface area (Å²) in [5.74, 6) is 0.725. The fourth-order valence-corrected chi connectivity index (χ4v) is 2.59. The molecule has 0 aliphatic heterocycles. The van der Waals surface area contributed by atoms with Crippen molar-refractivity contribution >= 4 is 11.6 Å². The normalized spacial score (nSPS) is 10.7. The molecule has 0 unspecified atom stereocenters. The van der Waals surface area contributed by atoms with E-state index in [1.807, 2.05) is 42.6 Å². The van der Waals surface area contributed by atoms with Crippen LogP contribution in [-0.4, -0.2) is 30.8 Å². The minimum absolute atomic E-state index is 0.143. The maximum atomic E-state index is 12.3. The lowest BCUT2D eigenvalue weighted by molar-refractivity contribution is -0.116. The Morgan fingerprint density at radius 1 is 1.11 bits per heavy atom. The second kappa shape index (κ2) is 7.61. The lowest BCUT2D eigenvalue weighted by Gasteiger charge is -2.10. The molecule has 1 N–H and O–H groups in total. The Balaban J connectivity index is 1.39. The average Bonchev–Trinajstić information content (AvgIpc) is 3.40. The number of amides is 1. The van der Waals surface area contributed by atoms with Crippen LogP contribution in [0.25, 0.3) is 17.1 Å². The first-order chi connectivity index (χ1) is 13.3. The summed E-state index contributed by atoms with van der Waals surface area (Å²) in [5.41, 5.74) is 2.25. The molecular formula is C19H16N6O2. The summed E-state index contributed by atoms with van der Waals surface area (Å²) >= 11 is 0. The molecule has 4 rings (SSSR count). The van der Waals surface area contributed by atoms with Crippen LogP contribution in [-0.2, 0) is 11.2 Å². The molecule has 0 saturated heterocycles. The first kappa shape index (κ1) is 16.6. The van der Waals surface area contributed by atoms with Crippen LogP contribution in [0.3, 0.4) is 0 Å². The molecule has 0 saturated carbocycles. The molecule has 0 aliphatic carbocycles. The van der Waals surface area contributed by atoms with E-state index in [2.05, 4.69) is 25.5 Å². The van der Waals surface area contributed by atoms with Gasteiger partial charge in [-0.3, -0.25) is 9.78 Å². The van der Waals surface area contributed by atoms with Gasteiger partial charge in [0.25, 0.3) is 0 Å². The molecule has 0 atom stereocenters. The molecule has 1 amide bonds. The highest BCUT2D eigenvalue weighted by Gasteiger charge is 2.12. The van der Waals surface area contributed by atoms with Gasteiger partial charge in [-0.05, 0) is 30.3 Å². The predicted octanol–water partition coefficient (Wildman–Crippen LogP) is 2.89. The van der Waals surface area contributed by atoms with Crippen molar-refractivity contribution in [3.05, 3.63) is 73.1 Å². The Kier molecular flexibility index (Phi) is 4.69. The van der Waals surface area contributed by atoms with Crippen molar-refractivity contribution in [1.29, 1.82) is 0 Å². The molecule has 27 heavy (non-hydrogen) atoms. The van der Waals surface area contributed by atoms with E-state index >= 15 is 0 Å². The summed E-state index contributed by atoms with van der Waals surface area (Å²) < 4.78 is 6.92. The summed E-state index contributed by atoms with van der Waals surface area (Å²) in [5, 5.41) is 11.0. The van der Waals surface area contributed by atoms with Crippen molar-refractivity contribution in [3.63, 3.8) is 0 Å². The van der Waals surface area contributed by atoms with Gasteiger partial charge in [-0.2, -0.15) is 10.1 Å². The fraction of sp³-hybridized carbons (Fsp3) is 0.105. The van der Waals surface area contributed by atoms with Crippen LogP contribution in [0.5, 0.6) is 0 Å². The van der Waals surface area contributed by atoms with Crippen molar-refractivity contribution in [2.45, 2.75) is 12.8 Å². The number of hydrogen-bond donors (Lipinski definition) is 1. The molecule has 3 heterocycles. The Bertz CT molecular complexity index is 1030. The maximum Gasteiger partial charge on any atom is 0.227 e. The summed E-state index contributed by atoms with van der Waals surface area (Å²) in [6, 6.07) is 13.0. The number of aryl methyl sites for hydroxylation is 1. The zero-order valence-corrected chi connectivity index (χ0v) is 14.3. The third-order valence-corrected chi connectivity index (χ3v) is 3.88. The smallest absolute Gasteiger partial charge is 0.227 e. The third kappa shape index (κ3) is 3.90. The lowest BCUT2D eigenvalue weighted by atomic mass is 10.2. The van der Waals surface area contributed by atoms with Gasteiger partial charge in [0.1, 0.15) is 0 Å². The van der Waals surface area contributed by atoms with E-state index in [-0.39, 0.29) is 12.3 Å². The summed E-state index contributed by atoms with van der Waals surface area (Å²) in [4.78, 5) is 20.7. The monoisotopic (exact) mass is 360 g/mol. The van der Waals surface area contributed by atoms with Gasteiger partial charge in [-0.15, -0.1) is 0 Å². The van der Waals surface area contributed by atoms with Crippen molar-refractivity contribution < 1.29 is 9.32 Å². The topological polar surface area (TPSA) is 98.7 Å². The Hall–Kier alpha value is -3.81. The number of carbonyl (C=O) groups excluding carboxylic acids is 1. The van der Waals surface area contributed by atoms with Crippen LogP contribution in [0.4, 0.5) is 5.69 Å². The molecule has 0 fully saturated rings. The molecule has 4 aromatic rings. The fourth-order valence-electron chi connectivity index (χ4n) is 2.59. The maximum absolute atomic E-state index is 12.3. The van der Waals surface area contributed by atoms with E-state index in [0.29, 0.717) is 23.8 Å². The average molecular weight is 360 g/mol. The molecular weight excluding hydrogens is 344 g/mol. The van der Waals surface area contributed by atoms with E-state index in [1.54, 1.807) is 29.3 Å². The standard InChI is InChI=1S/C19H16N6O2/c26-17(22-15-6-1-2-7-16(15)25-12-4-11-21-25)8-9-18-23-19(24-27-18)14-5-3-10-20-13-14/h1-7,10-13H,8-9H2,(H,22,26). The second-order valence-electron chi connectivity index (χ2n) is 5.77. The van der Waals surface area contributed by atoms with Crippen LogP contribution in [0.2, 0.25) is 0 Å². The van der Waals surface area contributed by atoms with Crippen LogP contribution in [0.15, 0.2) is 71.8 Å². The number of benzene rings is 1. The minimum atomic E-state index is -0.143. The molecule has 0 aliphatic rings. The van der Waals surface area contributed by atoms with E-state index in [0.717, 1.165) is 11.3 Å². The highest BCUT2D eigenvalue weighted by Crippen LogP contribution is 2.19. The molecule has 8 nitrogen and oxygen atoms in total. The second-order valence-corrected chi connectivity index (χ2v) is 5.77. The highest BCUT2D eigenvalue weighted by atomic mass is 16.5. The zero-order valence-electron chi connectivity index (χ0n) is 14.3. The number of hydrogen-bond acceptors (Lipinski definition) is 6. The van der Waals surface area contributed by atoms with Gasteiger partial charge in [-0.25, -0.2) is 4.68 Å². The molecule has 0 spiro atoms. The van der Waals surface area contributed by atoms with Gasteiger partial charge >= 0.3 is 0 Å². The Morgan fingerprint density at radius 2 is 2.04 bits per heavy atom. The summed E-state index contributed by atoms with van der Waals surface area (Å²) in [7, 11) is 0. The van der Waals surface area contributed by atoms with Gasteiger partial charge < -0.3 is 9.84 Å². The number of anilines is 1. The molecule has 0 bridgehead atoms. The number of para-hydroxylation sites is 2. The van der Waals surface area contributed by atoms with Crippen molar-refractivity contribution in [2.24, 2.45) is 0 Å². The van der Waals surface area contributed by atoms with Crippen LogP contribution >= 0.6 is 0 Å². The quantitative estimate of drug-likeness (QED) is 0.568. The number of pyridine rings is 1. The SMILES string of the molecule is O=C(CCc1nc(-c2cccnc2)no1)Nc1ccccc1-n1cccn1. The van der Waals surface area contributed by atoms with Crippen LogP contribution in [0.1, 0.15) is 12.3 Å². The van der Waals surface area contributed by atoms with E-state index in [1.165, 1.54) is 0 Å². The molecule has 134 valence electrons. The number of rotatable bonds is 6. The van der Waals surface area contributed by atoms with Gasteiger partial charge in [0, 0.05) is 43.2 Å². The molecule has 0 radical (unpaired) electrons. The summed E-state index contributed by atoms with van der Waals surface area (Å²) in [6.45, 7) is 0. The number of nitrogens with one attached hydrogen (secondary N) is 1. The Morgan fingerprint density at radius 3 is 2.85 bits per heavy atom. The number of aromatic nitrogens is 5. The van der Waals surface area contributed by atoms with Crippen molar-refractivity contribution in [2.75, 3.05) is 5.32 Å². The van der Waals surface area contributed by atoms with Crippen LogP contribution < -0.4 is 5.32 Å². The predicted molar refractivity (Wildman–Crippen MR) is 98.0 cm³/mol. The first-order valence-corrected chi connectivity index (χ1v) is 8.41. The highest BCUT2D eigenvalue weighted by molar-refractivity contribution is 5.92. The first-order valence-electron chi connectivity index (χ1n) is 8.41. The minimum Gasteiger partial charge on any atom is -0.339 e. The third-order valence-electron chi connectivity index (χ3n) is 3.88. The lowest BCUT2D eigenvalue weighted by Crippen LogP contribution is -2.14. The number of nitrogens with zero attached hydrogens (tertiary/aromatic N) is 5. The van der Waals surface area contributed by atoms with E-state index in [9.17, 15) is 4.79 Å². The van der Waals surface area contributed by atoms with Gasteiger partial charge in [0.2, 0.25) is 17.6 Å². The van der Waals surface area contributed by atoms with Crippen LogP contribution in [0, 0.1) is 0 Å². The molecule has 3 aromatic heterocycles. The largest absolute Gasteiger partial charge is 0.339 e. The van der Waals surface area contributed by atoms with E-state index in [4.69, 9.17) is 4.52 Å². The van der Waals surface area contributed by atoms with Crippen molar-refractivity contribution in [3.8, 4) is 17.1 Å². The molecule has 1 aromatic carbocycles. The van der Waals surface area contributed by atoms with Gasteiger partial charge in [0.05, 0.1) is 11.4 Å². The summed E-state index contributed by atoms with van der Waals surface area (Å²) in [6.07, 6.45) is 7.42.